The lowest BCUT2D eigenvalue weighted by atomic mass is 10.1. The van der Waals surface area contributed by atoms with E-state index >= 15 is 0 Å². The minimum Gasteiger partial charge on any atom is -0.463 e. The fourth-order valence-electron chi connectivity index (χ4n) is 5.86. The molecular weight excluding hydrogens is 580 g/mol. The average Bonchev–Trinajstić information content (AvgIpc) is 3.98. The van der Waals surface area contributed by atoms with Crippen LogP contribution in [0.2, 0.25) is 0 Å². The van der Waals surface area contributed by atoms with Gasteiger partial charge in [0, 0.05) is 12.8 Å². The van der Waals surface area contributed by atoms with Crippen LogP contribution >= 0.6 is 0 Å². The second-order valence-corrected chi connectivity index (χ2v) is 13.5. The van der Waals surface area contributed by atoms with Crippen molar-refractivity contribution in [2.24, 2.45) is 0 Å². The minimum absolute atomic E-state index is 0.133. The van der Waals surface area contributed by atoms with Gasteiger partial charge in [-0.15, -0.1) is 0 Å². The fraction of sp³-hybridized carbons (Fsp3) is 0.846. The number of carbonyl (C=O) groups excluding carboxylic acids is 2. The maximum absolute atomic E-state index is 12.0. The number of hydrogen-bond acceptors (Lipinski definition) is 7. The van der Waals surface area contributed by atoms with Gasteiger partial charge in [0.05, 0.1) is 24.4 Å². The smallest absolute Gasteiger partial charge is 0.305 e. The highest BCUT2D eigenvalue weighted by Gasteiger charge is 2.37. The molecule has 4 atom stereocenters. The highest BCUT2D eigenvalue weighted by molar-refractivity contribution is 5.69. The molecule has 0 aliphatic carbocycles. The number of unbranched alkanes of at least 4 members (excludes halogenated alkanes) is 14. The Morgan fingerprint density at radius 1 is 0.565 bits per heavy atom. The van der Waals surface area contributed by atoms with Gasteiger partial charge in [-0.25, -0.2) is 0 Å². The number of aliphatic hydroxyl groups excluding tert-OH is 1. The molecule has 2 rings (SSSR count). The van der Waals surface area contributed by atoms with Gasteiger partial charge in [-0.2, -0.15) is 0 Å². The summed E-state index contributed by atoms with van der Waals surface area (Å²) in [5, 5.41) is 10.0. The van der Waals surface area contributed by atoms with Crippen LogP contribution in [-0.2, 0) is 28.5 Å². The van der Waals surface area contributed by atoms with E-state index in [9.17, 15) is 14.7 Å². The van der Waals surface area contributed by atoms with Crippen molar-refractivity contribution in [2.45, 2.75) is 198 Å². The highest BCUT2D eigenvalue weighted by Crippen LogP contribution is 2.31. The first-order valence-electron chi connectivity index (χ1n) is 19.1. The summed E-state index contributed by atoms with van der Waals surface area (Å²) in [6, 6.07) is 0. The van der Waals surface area contributed by atoms with Gasteiger partial charge < -0.3 is 24.1 Å². The van der Waals surface area contributed by atoms with Crippen LogP contribution in [0.1, 0.15) is 168 Å². The van der Waals surface area contributed by atoms with Crippen molar-refractivity contribution in [1.29, 1.82) is 0 Å². The normalized spacial score (nSPS) is 21.2. The molecule has 1 N–H and O–H groups in total. The van der Waals surface area contributed by atoms with E-state index in [1.807, 2.05) is 0 Å². The summed E-state index contributed by atoms with van der Waals surface area (Å²) in [6.45, 7) is 4.20. The van der Waals surface area contributed by atoms with E-state index < -0.39 is 6.10 Å². The summed E-state index contributed by atoms with van der Waals surface area (Å²) in [5.74, 6) is -0.607. The largest absolute Gasteiger partial charge is 0.463 e. The molecule has 2 aliphatic rings. The number of esters is 2. The molecule has 0 radical (unpaired) electrons. The maximum Gasteiger partial charge on any atom is 0.305 e. The fourth-order valence-corrected chi connectivity index (χ4v) is 5.86. The molecule has 0 saturated carbocycles. The summed E-state index contributed by atoms with van der Waals surface area (Å²) in [4.78, 5) is 23.9. The molecule has 0 aromatic carbocycles. The van der Waals surface area contributed by atoms with Gasteiger partial charge in [0.1, 0.15) is 19.3 Å². The maximum atomic E-state index is 12.0. The highest BCUT2D eigenvalue weighted by atomic mass is 16.6. The minimum atomic E-state index is -0.981. The molecule has 2 fully saturated rings. The van der Waals surface area contributed by atoms with E-state index in [0.717, 1.165) is 77.0 Å². The van der Waals surface area contributed by atoms with Crippen LogP contribution in [0.4, 0.5) is 0 Å². The lowest BCUT2D eigenvalue weighted by Crippen LogP contribution is -2.25. The Hall–Kier alpha value is -1.70. The zero-order valence-corrected chi connectivity index (χ0v) is 29.5. The molecule has 0 bridgehead atoms. The van der Waals surface area contributed by atoms with Gasteiger partial charge in [0.2, 0.25) is 0 Å². The van der Waals surface area contributed by atoms with Crippen LogP contribution in [0.15, 0.2) is 24.3 Å². The summed E-state index contributed by atoms with van der Waals surface area (Å²) < 4.78 is 21.8. The number of carbonyl (C=O) groups is 2. The van der Waals surface area contributed by atoms with E-state index in [-0.39, 0.29) is 25.2 Å². The van der Waals surface area contributed by atoms with Crippen molar-refractivity contribution >= 4 is 11.9 Å². The Bertz CT molecular complexity index is 759. The van der Waals surface area contributed by atoms with Crippen molar-refractivity contribution in [3.8, 4) is 0 Å². The summed E-state index contributed by atoms with van der Waals surface area (Å²) in [6.07, 6.45) is 35.7. The van der Waals surface area contributed by atoms with Gasteiger partial charge in [-0.3, -0.25) is 9.59 Å². The van der Waals surface area contributed by atoms with E-state index in [0.29, 0.717) is 37.3 Å². The van der Waals surface area contributed by atoms with E-state index in [1.165, 1.54) is 64.2 Å². The summed E-state index contributed by atoms with van der Waals surface area (Å²) in [5.41, 5.74) is 0. The Balaban J connectivity index is 1.28. The first-order valence-corrected chi connectivity index (χ1v) is 19.1. The topological polar surface area (TPSA) is 97.9 Å². The van der Waals surface area contributed by atoms with E-state index in [2.05, 4.69) is 38.2 Å². The predicted molar refractivity (Wildman–Crippen MR) is 186 cm³/mol. The Morgan fingerprint density at radius 2 is 0.978 bits per heavy atom. The number of rotatable bonds is 32. The molecule has 0 amide bonds. The van der Waals surface area contributed by atoms with Gasteiger partial charge in [0.15, 0.2) is 0 Å². The summed E-state index contributed by atoms with van der Waals surface area (Å²) >= 11 is 0. The number of epoxide rings is 2. The molecule has 266 valence electrons. The van der Waals surface area contributed by atoms with Crippen LogP contribution < -0.4 is 0 Å². The molecule has 2 saturated heterocycles. The molecule has 0 aromatic heterocycles. The van der Waals surface area contributed by atoms with Gasteiger partial charge in [-0.1, -0.05) is 115 Å². The Labute approximate surface area is 281 Å². The van der Waals surface area contributed by atoms with Crippen LogP contribution in [0, 0.1) is 0 Å². The molecule has 7 heteroatoms. The van der Waals surface area contributed by atoms with Gasteiger partial charge in [0.25, 0.3) is 0 Å². The van der Waals surface area contributed by atoms with Gasteiger partial charge >= 0.3 is 11.9 Å². The molecule has 46 heavy (non-hydrogen) atoms. The lowest BCUT2D eigenvalue weighted by Gasteiger charge is -2.12. The third kappa shape index (κ3) is 22.8. The SMILES string of the molecule is CCCCC[C@@H]1O[C@@H]1CC=CCCCCCCCC(=O)OCC(O)COC(=O)CCCCCCCC=CC[C@H]1O[C@H]1CCCCC. The summed E-state index contributed by atoms with van der Waals surface area (Å²) in [7, 11) is 0. The zero-order valence-electron chi connectivity index (χ0n) is 29.5. The van der Waals surface area contributed by atoms with E-state index in [1.54, 1.807) is 0 Å². The zero-order chi connectivity index (χ0) is 33.1. The first-order chi connectivity index (χ1) is 22.5. The standard InChI is InChI=1S/C39H68O7/c1-3-5-19-25-34-36(45-34)27-21-15-11-7-9-13-17-23-29-38(41)43-31-33(40)32-44-39(42)30-24-18-14-10-8-12-16-22-28-37-35(46-37)26-20-6-4-2/h15-16,21-22,33-37,40H,3-14,17-20,23-32H2,1-2H3/t33?,34-,35-,36+,37+/m0/s1. The monoisotopic (exact) mass is 648 g/mol. The number of aliphatic hydroxyl groups is 1. The van der Waals surface area contributed by atoms with Crippen molar-refractivity contribution in [1.82, 2.24) is 0 Å². The van der Waals surface area contributed by atoms with Gasteiger partial charge in [-0.05, 0) is 64.2 Å². The van der Waals surface area contributed by atoms with Crippen molar-refractivity contribution < 1.29 is 33.6 Å². The van der Waals surface area contributed by atoms with Crippen LogP contribution in [0.3, 0.4) is 0 Å². The molecule has 2 heterocycles. The Kier molecular flexibility index (Phi) is 24.0. The number of allylic oxidation sites excluding steroid dienone is 2. The van der Waals surface area contributed by atoms with Crippen molar-refractivity contribution in [3.05, 3.63) is 24.3 Å². The molecule has 0 spiro atoms. The third-order valence-corrected chi connectivity index (χ3v) is 9.01. The quantitative estimate of drug-likeness (QED) is 0.0336. The molecule has 0 unspecified atom stereocenters. The average molecular weight is 649 g/mol. The second-order valence-electron chi connectivity index (χ2n) is 13.5. The van der Waals surface area contributed by atoms with Crippen molar-refractivity contribution in [3.63, 3.8) is 0 Å². The molecular formula is C39H68O7. The molecule has 2 aliphatic heterocycles. The van der Waals surface area contributed by atoms with Crippen LogP contribution in [0.25, 0.3) is 0 Å². The molecule has 0 aromatic rings. The Morgan fingerprint density at radius 3 is 1.41 bits per heavy atom. The van der Waals surface area contributed by atoms with Crippen LogP contribution in [0.5, 0.6) is 0 Å². The third-order valence-electron chi connectivity index (χ3n) is 9.01. The number of ether oxygens (including phenoxy) is 4. The number of hydrogen-bond donors (Lipinski definition) is 1. The van der Waals surface area contributed by atoms with Crippen LogP contribution in [-0.4, -0.2) is 60.8 Å². The molecule has 7 nitrogen and oxygen atoms in total. The van der Waals surface area contributed by atoms with Crippen molar-refractivity contribution in [2.75, 3.05) is 13.2 Å². The first kappa shape index (κ1) is 40.5. The lowest BCUT2D eigenvalue weighted by molar-refractivity contribution is -0.152. The second kappa shape index (κ2) is 27.3. The predicted octanol–water partition coefficient (Wildman–Crippen LogP) is 9.48. The van der Waals surface area contributed by atoms with E-state index in [4.69, 9.17) is 18.9 Å².